The fourth-order valence-corrected chi connectivity index (χ4v) is 1.82. The standard InChI is InChI=1S/C14H17N5O2/c1-3-10-4-6-11(7-5-10)9(2)17-12(20)13(21)18-14-15-8-16-19-14/h4-9H,3H2,1-2H3,(H,17,20)(H2,15,16,18,19,21). The van der Waals surface area contributed by atoms with Gasteiger partial charge in [-0.2, -0.15) is 10.1 Å². The van der Waals surface area contributed by atoms with Crippen molar-refractivity contribution in [1.82, 2.24) is 20.5 Å². The Balaban J connectivity index is 1.93. The largest absolute Gasteiger partial charge is 0.341 e. The van der Waals surface area contributed by atoms with Crippen LogP contribution in [0, 0.1) is 0 Å². The molecule has 2 amide bonds. The summed E-state index contributed by atoms with van der Waals surface area (Å²) in [5.74, 6) is -1.38. The zero-order chi connectivity index (χ0) is 15.2. The number of hydrogen-bond donors (Lipinski definition) is 3. The van der Waals surface area contributed by atoms with Gasteiger partial charge in [-0.15, -0.1) is 0 Å². The van der Waals surface area contributed by atoms with Crippen molar-refractivity contribution in [2.24, 2.45) is 0 Å². The average Bonchev–Trinajstić information content (AvgIpc) is 3.00. The number of aromatic amines is 1. The van der Waals surface area contributed by atoms with E-state index in [9.17, 15) is 9.59 Å². The molecule has 0 radical (unpaired) electrons. The number of nitrogens with zero attached hydrogens (tertiary/aromatic N) is 2. The molecule has 1 atom stereocenters. The molecule has 1 heterocycles. The Kier molecular flexibility index (Phi) is 4.65. The molecular weight excluding hydrogens is 270 g/mol. The molecule has 110 valence electrons. The highest BCUT2D eigenvalue weighted by atomic mass is 16.2. The SMILES string of the molecule is CCc1ccc(C(C)NC(=O)C(=O)Nc2ncn[nH]2)cc1. The molecule has 7 nitrogen and oxygen atoms in total. The molecule has 1 aromatic carbocycles. The number of carbonyl (C=O) groups excluding carboxylic acids is 2. The fourth-order valence-electron chi connectivity index (χ4n) is 1.82. The van der Waals surface area contributed by atoms with Gasteiger partial charge >= 0.3 is 11.8 Å². The van der Waals surface area contributed by atoms with Crippen LogP contribution in [0.2, 0.25) is 0 Å². The van der Waals surface area contributed by atoms with Crippen LogP contribution in [0.4, 0.5) is 5.95 Å². The Morgan fingerprint density at radius 1 is 1.24 bits per heavy atom. The summed E-state index contributed by atoms with van der Waals surface area (Å²) in [5, 5.41) is 11.0. The first-order chi connectivity index (χ1) is 10.1. The third-order valence-corrected chi connectivity index (χ3v) is 3.09. The van der Waals surface area contributed by atoms with E-state index in [1.54, 1.807) is 0 Å². The molecule has 21 heavy (non-hydrogen) atoms. The lowest BCUT2D eigenvalue weighted by molar-refractivity contribution is -0.136. The zero-order valence-electron chi connectivity index (χ0n) is 11.9. The van der Waals surface area contributed by atoms with Gasteiger partial charge in [-0.3, -0.25) is 14.9 Å². The minimum absolute atomic E-state index is 0.134. The number of aryl methyl sites for hydroxylation is 1. The van der Waals surface area contributed by atoms with Crippen molar-refractivity contribution >= 4 is 17.8 Å². The van der Waals surface area contributed by atoms with E-state index in [0.29, 0.717) is 0 Å². The monoisotopic (exact) mass is 287 g/mol. The minimum Gasteiger partial charge on any atom is -0.341 e. The third-order valence-electron chi connectivity index (χ3n) is 3.09. The maximum absolute atomic E-state index is 11.8. The normalized spacial score (nSPS) is 11.7. The second-order valence-electron chi connectivity index (χ2n) is 4.58. The number of aromatic nitrogens is 3. The molecule has 2 rings (SSSR count). The summed E-state index contributed by atoms with van der Waals surface area (Å²) in [6, 6.07) is 7.64. The summed E-state index contributed by atoms with van der Waals surface area (Å²) in [6.45, 7) is 3.90. The number of hydrogen-bond acceptors (Lipinski definition) is 4. The van der Waals surface area contributed by atoms with Gasteiger partial charge in [0.15, 0.2) is 0 Å². The van der Waals surface area contributed by atoms with Crippen LogP contribution < -0.4 is 10.6 Å². The molecular formula is C14H17N5O2. The van der Waals surface area contributed by atoms with Gasteiger partial charge in [0.2, 0.25) is 5.95 Å². The van der Waals surface area contributed by atoms with Crippen LogP contribution in [0.15, 0.2) is 30.6 Å². The van der Waals surface area contributed by atoms with Gasteiger partial charge in [0.05, 0.1) is 6.04 Å². The summed E-state index contributed by atoms with van der Waals surface area (Å²) in [6.07, 6.45) is 2.20. The molecule has 0 saturated heterocycles. The number of amides is 2. The van der Waals surface area contributed by atoms with Crippen molar-refractivity contribution < 1.29 is 9.59 Å². The van der Waals surface area contributed by atoms with Gasteiger partial charge in [0.1, 0.15) is 6.33 Å². The van der Waals surface area contributed by atoms with Crippen molar-refractivity contribution in [3.8, 4) is 0 Å². The molecule has 0 aliphatic carbocycles. The highest BCUT2D eigenvalue weighted by Crippen LogP contribution is 2.13. The maximum Gasteiger partial charge on any atom is 0.316 e. The Labute approximate surface area is 122 Å². The smallest absolute Gasteiger partial charge is 0.316 e. The number of H-pyrrole nitrogens is 1. The van der Waals surface area contributed by atoms with E-state index < -0.39 is 11.8 Å². The fraction of sp³-hybridized carbons (Fsp3) is 0.286. The Hall–Kier alpha value is -2.70. The molecule has 3 N–H and O–H groups in total. The first-order valence-corrected chi connectivity index (χ1v) is 6.66. The lowest BCUT2D eigenvalue weighted by Gasteiger charge is -2.14. The summed E-state index contributed by atoms with van der Waals surface area (Å²) in [4.78, 5) is 27.2. The molecule has 2 aromatic rings. The van der Waals surface area contributed by atoms with Crippen molar-refractivity contribution in [3.05, 3.63) is 41.7 Å². The first-order valence-electron chi connectivity index (χ1n) is 6.66. The minimum atomic E-state index is -0.788. The van der Waals surface area contributed by atoms with E-state index in [1.165, 1.54) is 11.9 Å². The molecule has 0 spiro atoms. The van der Waals surface area contributed by atoms with Crippen LogP contribution in [-0.4, -0.2) is 27.0 Å². The van der Waals surface area contributed by atoms with Gasteiger partial charge in [-0.25, -0.2) is 5.10 Å². The molecule has 0 bridgehead atoms. The van der Waals surface area contributed by atoms with E-state index in [1.807, 2.05) is 31.2 Å². The molecule has 0 fully saturated rings. The van der Waals surface area contributed by atoms with Gasteiger partial charge in [0.25, 0.3) is 0 Å². The van der Waals surface area contributed by atoms with Crippen LogP contribution in [0.3, 0.4) is 0 Å². The van der Waals surface area contributed by atoms with Crippen molar-refractivity contribution in [2.75, 3.05) is 5.32 Å². The van der Waals surface area contributed by atoms with Gasteiger partial charge in [0, 0.05) is 0 Å². The Morgan fingerprint density at radius 2 is 1.95 bits per heavy atom. The van der Waals surface area contributed by atoms with Gasteiger partial charge in [-0.1, -0.05) is 31.2 Å². The van der Waals surface area contributed by atoms with E-state index in [0.717, 1.165) is 12.0 Å². The average molecular weight is 287 g/mol. The molecule has 1 unspecified atom stereocenters. The summed E-state index contributed by atoms with van der Waals surface area (Å²) < 4.78 is 0. The summed E-state index contributed by atoms with van der Waals surface area (Å²) in [5.41, 5.74) is 2.16. The number of nitrogens with one attached hydrogen (secondary N) is 3. The van der Waals surface area contributed by atoms with E-state index in [-0.39, 0.29) is 12.0 Å². The second kappa shape index (κ2) is 6.65. The Bertz CT molecular complexity index is 607. The van der Waals surface area contributed by atoms with Crippen LogP contribution in [0.1, 0.15) is 31.0 Å². The van der Waals surface area contributed by atoms with E-state index >= 15 is 0 Å². The topological polar surface area (TPSA) is 99.8 Å². The number of benzene rings is 1. The molecule has 0 aliphatic rings. The summed E-state index contributed by atoms with van der Waals surface area (Å²) in [7, 11) is 0. The van der Waals surface area contributed by atoms with Crippen molar-refractivity contribution in [2.45, 2.75) is 26.3 Å². The summed E-state index contributed by atoms with van der Waals surface area (Å²) >= 11 is 0. The number of carbonyl (C=O) groups is 2. The lowest BCUT2D eigenvalue weighted by Crippen LogP contribution is -2.37. The second-order valence-corrected chi connectivity index (χ2v) is 4.58. The molecule has 7 heteroatoms. The van der Waals surface area contributed by atoms with Gasteiger partial charge in [-0.05, 0) is 24.5 Å². The van der Waals surface area contributed by atoms with E-state index in [4.69, 9.17) is 0 Å². The van der Waals surface area contributed by atoms with E-state index in [2.05, 4.69) is 32.7 Å². The van der Waals surface area contributed by atoms with Crippen LogP contribution in [-0.2, 0) is 16.0 Å². The number of anilines is 1. The third kappa shape index (κ3) is 3.88. The van der Waals surface area contributed by atoms with Gasteiger partial charge < -0.3 is 5.32 Å². The quantitative estimate of drug-likeness (QED) is 0.735. The molecule has 0 saturated carbocycles. The van der Waals surface area contributed by atoms with Crippen molar-refractivity contribution in [1.29, 1.82) is 0 Å². The number of rotatable bonds is 4. The Morgan fingerprint density at radius 3 is 2.52 bits per heavy atom. The highest BCUT2D eigenvalue weighted by molar-refractivity contribution is 6.39. The molecule has 0 aliphatic heterocycles. The van der Waals surface area contributed by atoms with Crippen molar-refractivity contribution in [3.63, 3.8) is 0 Å². The lowest BCUT2D eigenvalue weighted by atomic mass is 10.1. The highest BCUT2D eigenvalue weighted by Gasteiger charge is 2.17. The predicted molar refractivity (Wildman–Crippen MR) is 77.4 cm³/mol. The predicted octanol–water partition coefficient (Wildman–Crippen LogP) is 1.18. The first kappa shape index (κ1) is 14.7. The zero-order valence-corrected chi connectivity index (χ0v) is 11.9. The van der Waals surface area contributed by atoms with Crippen LogP contribution in [0.5, 0.6) is 0 Å². The molecule has 1 aromatic heterocycles. The van der Waals surface area contributed by atoms with Crippen LogP contribution >= 0.6 is 0 Å². The maximum atomic E-state index is 11.8. The van der Waals surface area contributed by atoms with Crippen LogP contribution in [0.25, 0.3) is 0 Å².